The molecule has 0 amide bonds. The van der Waals surface area contributed by atoms with Crippen molar-refractivity contribution >= 4 is 11.8 Å². The van der Waals surface area contributed by atoms with Crippen molar-refractivity contribution in [2.24, 2.45) is 0 Å². The fourth-order valence-electron chi connectivity index (χ4n) is 1.49. The van der Waals surface area contributed by atoms with Crippen molar-refractivity contribution in [2.75, 3.05) is 11.9 Å². The Morgan fingerprint density at radius 2 is 2.28 bits per heavy atom. The third-order valence-electron chi connectivity index (χ3n) is 2.40. The van der Waals surface area contributed by atoms with Crippen LogP contribution in [-0.2, 0) is 4.79 Å². The monoisotopic (exact) mass is 253 g/mol. The molecule has 6 heteroatoms. The van der Waals surface area contributed by atoms with Crippen molar-refractivity contribution < 1.29 is 14.6 Å². The van der Waals surface area contributed by atoms with Gasteiger partial charge in [-0.05, 0) is 13.3 Å². The molecule has 0 radical (unpaired) electrons. The van der Waals surface area contributed by atoms with Crippen LogP contribution in [0.4, 0.5) is 5.82 Å². The summed E-state index contributed by atoms with van der Waals surface area (Å²) in [6.45, 7) is 4.39. The summed E-state index contributed by atoms with van der Waals surface area (Å²) in [6, 6.07) is 0.972. The minimum Gasteiger partial charge on any atom is -0.480 e. The molecular formula is C12H19N3O3. The molecule has 1 unspecified atom stereocenters. The maximum absolute atomic E-state index is 11.1. The molecule has 100 valence electrons. The zero-order valence-corrected chi connectivity index (χ0v) is 10.7. The Labute approximate surface area is 106 Å². The van der Waals surface area contributed by atoms with Gasteiger partial charge >= 0.3 is 5.97 Å². The SMILES string of the molecule is CCCCC(Nc1cc(OCC)ncn1)C(=O)O. The van der Waals surface area contributed by atoms with Crippen molar-refractivity contribution in [1.29, 1.82) is 0 Å². The molecule has 2 N–H and O–H groups in total. The number of ether oxygens (including phenoxy) is 1. The number of aliphatic carboxylic acids is 1. The Morgan fingerprint density at radius 1 is 1.50 bits per heavy atom. The van der Waals surface area contributed by atoms with E-state index in [1.807, 2.05) is 13.8 Å². The molecule has 0 saturated carbocycles. The van der Waals surface area contributed by atoms with Gasteiger partial charge in [0, 0.05) is 6.07 Å². The topological polar surface area (TPSA) is 84.3 Å². The molecule has 0 spiro atoms. The third kappa shape index (κ3) is 4.57. The van der Waals surface area contributed by atoms with E-state index in [0.29, 0.717) is 24.7 Å². The molecule has 1 aromatic heterocycles. The van der Waals surface area contributed by atoms with E-state index in [1.54, 1.807) is 6.07 Å². The number of nitrogens with one attached hydrogen (secondary N) is 1. The van der Waals surface area contributed by atoms with Gasteiger partial charge < -0.3 is 15.2 Å². The van der Waals surface area contributed by atoms with Crippen molar-refractivity contribution in [3.8, 4) is 5.88 Å². The molecule has 0 bridgehead atoms. The number of rotatable bonds is 8. The second-order valence-electron chi connectivity index (χ2n) is 3.85. The maximum atomic E-state index is 11.1. The number of unbranched alkanes of at least 4 members (excludes halogenated alkanes) is 1. The fourth-order valence-corrected chi connectivity index (χ4v) is 1.49. The second-order valence-corrected chi connectivity index (χ2v) is 3.85. The molecule has 0 aliphatic carbocycles. The van der Waals surface area contributed by atoms with Crippen LogP contribution in [0.15, 0.2) is 12.4 Å². The number of carboxylic acids is 1. The van der Waals surface area contributed by atoms with Crippen LogP contribution >= 0.6 is 0 Å². The standard InChI is InChI=1S/C12H19N3O3/c1-3-5-6-9(12(16)17)15-10-7-11(18-4-2)14-8-13-10/h7-9H,3-6H2,1-2H3,(H,16,17)(H,13,14,15). The van der Waals surface area contributed by atoms with Crippen LogP contribution in [0.2, 0.25) is 0 Å². The molecule has 0 aliphatic rings. The number of carbonyl (C=O) groups is 1. The Balaban J connectivity index is 2.67. The van der Waals surface area contributed by atoms with E-state index in [-0.39, 0.29) is 0 Å². The van der Waals surface area contributed by atoms with Gasteiger partial charge in [0.25, 0.3) is 0 Å². The molecule has 1 rings (SSSR count). The van der Waals surface area contributed by atoms with Gasteiger partial charge in [-0.3, -0.25) is 0 Å². The summed E-state index contributed by atoms with van der Waals surface area (Å²) < 4.78 is 5.23. The zero-order chi connectivity index (χ0) is 13.4. The van der Waals surface area contributed by atoms with Crippen molar-refractivity contribution in [2.45, 2.75) is 39.2 Å². The van der Waals surface area contributed by atoms with E-state index in [0.717, 1.165) is 12.8 Å². The number of nitrogens with zero attached hydrogens (tertiary/aromatic N) is 2. The summed E-state index contributed by atoms with van der Waals surface area (Å²) in [4.78, 5) is 19.0. The largest absolute Gasteiger partial charge is 0.480 e. The minimum absolute atomic E-state index is 0.439. The summed E-state index contributed by atoms with van der Waals surface area (Å²) in [5.41, 5.74) is 0. The molecule has 0 fully saturated rings. The fraction of sp³-hybridized carbons (Fsp3) is 0.583. The van der Waals surface area contributed by atoms with Crippen LogP contribution < -0.4 is 10.1 Å². The first-order valence-corrected chi connectivity index (χ1v) is 6.11. The average Bonchev–Trinajstić information content (AvgIpc) is 2.35. The summed E-state index contributed by atoms with van der Waals surface area (Å²) in [6.07, 6.45) is 3.73. The van der Waals surface area contributed by atoms with Crippen molar-refractivity contribution in [3.05, 3.63) is 12.4 Å². The lowest BCUT2D eigenvalue weighted by Gasteiger charge is -2.14. The van der Waals surface area contributed by atoms with Gasteiger partial charge in [0.05, 0.1) is 6.61 Å². The summed E-state index contributed by atoms with van der Waals surface area (Å²) >= 11 is 0. The number of hydrogen-bond acceptors (Lipinski definition) is 5. The van der Waals surface area contributed by atoms with Gasteiger partial charge in [-0.15, -0.1) is 0 Å². The second kappa shape index (κ2) is 7.47. The average molecular weight is 253 g/mol. The minimum atomic E-state index is -0.875. The molecule has 1 aromatic rings. The summed E-state index contributed by atoms with van der Waals surface area (Å²) in [7, 11) is 0. The molecular weight excluding hydrogens is 234 g/mol. The van der Waals surface area contributed by atoms with E-state index in [2.05, 4.69) is 15.3 Å². The van der Waals surface area contributed by atoms with Gasteiger partial charge in [-0.25, -0.2) is 14.8 Å². The van der Waals surface area contributed by atoms with Crippen LogP contribution in [0.5, 0.6) is 5.88 Å². The van der Waals surface area contributed by atoms with E-state index >= 15 is 0 Å². The highest BCUT2D eigenvalue weighted by atomic mass is 16.5. The Hall–Kier alpha value is -1.85. The lowest BCUT2D eigenvalue weighted by Crippen LogP contribution is -2.29. The number of anilines is 1. The number of carboxylic acid groups (broad SMARTS) is 1. The van der Waals surface area contributed by atoms with Gasteiger partial charge in [0.1, 0.15) is 18.2 Å². The quantitative estimate of drug-likeness (QED) is 0.736. The van der Waals surface area contributed by atoms with Crippen LogP contribution in [0, 0.1) is 0 Å². The van der Waals surface area contributed by atoms with Gasteiger partial charge in [0.15, 0.2) is 0 Å². The molecule has 0 aliphatic heterocycles. The van der Waals surface area contributed by atoms with Crippen LogP contribution in [0.25, 0.3) is 0 Å². The smallest absolute Gasteiger partial charge is 0.326 e. The van der Waals surface area contributed by atoms with Gasteiger partial charge in [-0.1, -0.05) is 19.8 Å². The zero-order valence-electron chi connectivity index (χ0n) is 10.7. The van der Waals surface area contributed by atoms with Crippen molar-refractivity contribution in [1.82, 2.24) is 9.97 Å². The van der Waals surface area contributed by atoms with E-state index in [4.69, 9.17) is 9.84 Å². The van der Waals surface area contributed by atoms with E-state index in [1.165, 1.54) is 6.33 Å². The number of hydrogen-bond donors (Lipinski definition) is 2. The van der Waals surface area contributed by atoms with Crippen LogP contribution in [0.1, 0.15) is 33.1 Å². The summed E-state index contributed by atoms with van der Waals surface area (Å²) in [5.74, 6) is 0.0339. The lowest BCUT2D eigenvalue weighted by atomic mass is 10.1. The van der Waals surface area contributed by atoms with E-state index < -0.39 is 12.0 Å². The van der Waals surface area contributed by atoms with Crippen molar-refractivity contribution in [3.63, 3.8) is 0 Å². The highest BCUT2D eigenvalue weighted by Crippen LogP contribution is 2.14. The first-order chi connectivity index (χ1) is 8.67. The lowest BCUT2D eigenvalue weighted by molar-refractivity contribution is -0.138. The Bertz CT molecular complexity index is 385. The third-order valence-corrected chi connectivity index (χ3v) is 2.40. The van der Waals surface area contributed by atoms with E-state index in [9.17, 15) is 4.79 Å². The van der Waals surface area contributed by atoms with Gasteiger partial charge in [0.2, 0.25) is 5.88 Å². The summed E-state index contributed by atoms with van der Waals surface area (Å²) in [5, 5.41) is 12.0. The first kappa shape index (κ1) is 14.2. The highest BCUT2D eigenvalue weighted by molar-refractivity contribution is 5.76. The predicted molar refractivity (Wildman–Crippen MR) is 67.8 cm³/mol. The van der Waals surface area contributed by atoms with Crippen LogP contribution in [0.3, 0.4) is 0 Å². The maximum Gasteiger partial charge on any atom is 0.326 e. The number of aromatic nitrogens is 2. The molecule has 0 aromatic carbocycles. The molecule has 0 saturated heterocycles. The van der Waals surface area contributed by atoms with Crippen LogP contribution in [-0.4, -0.2) is 33.7 Å². The molecule has 1 heterocycles. The highest BCUT2D eigenvalue weighted by Gasteiger charge is 2.17. The van der Waals surface area contributed by atoms with Gasteiger partial charge in [-0.2, -0.15) is 0 Å². The Kier molecular flexibility index (Phi) is 5.90. The normalized spacial score (nSPS) is 11.9. The molecule has 6 nitrogen and oxygen atoms in total. The first-order valence-electron chi connectivity index (χ1n) is 6.11. The predicted octanol–water partition coefficient (Wildman–Crippen LogP) is 1.93. The molecule has 1 atom stereocenters. The molecule has 18 heavy (non-hydrogen) atoms. The Morgan fingerprint density at radius 3 is 2.89 bits per heavy atom.